The van der Waals surface area contributed by atoms with Crippen LogP contribution in [0.3, 0.4) is 0 Å². The fourth-order valence-corrected chi connectivity index (χ4v) is 2.35. The van der Waals surface area contributed by atoms with Crippen molar-refractivity contribution in [2.45, 2.75) is 26.7 Å². The van der Waals surface area contributed by atoms with Crippen molar-refractivity contribution in [2.75, 3.05) is 19.6 Å². The van der Waals surface area contributed by atoms with E-state index in [1.807, 2.05) is 0 Å². The molecule has 1 aromatic carbocycles. The summed E-state index contributed by atoms with van der Waals surface area (Å²) < 4.78 is 0. The molecule has 1 aliphatic heterocycles. The molecule has 0 atom stereocenters. The Morgan fingerprint density at radius 2 is 1.65 bits per heavy atom. The number of hydrogen-bond donors (Lipinski definition) is 1. The van der Waals surface area contributed by atoms with Crippen molar-refractivity contribution < 1.29 is 9.59 Å². The monoisotopic (exact) mass is 274 g/mol. The molecule has 0 aromatic heterocycles. The first kappa shape index (κ1) is 14.7. The molecule has 0 fully saturated rings. The van der Waals surface area contributed by atoms with Crippen LogP contribution in [0.4, 0.5) is 0 Å². The van der Waals surface area contributed by atoms with Crippen molar-refractivity contribution in [3.8, 4) is 0 Å². The van der Waals surface area contributed by atoms with Crippen molar-refractivity contribution in [1.29, 1.82) is 0 Å². The predicted molar refractivity (Wildman–Crippen MR) is 78.8 cm³/mol. The third-order valence-corrected chi connectivity index (χ3v) is 3.42. The maximum absolute atomic E-state index is 12.1. The summed E-state index contributed by atoms with van der Waals surface area (Å²) >= 11 is 0. The Balaban J connectivity index is 1.78. The lowest BCUT2D eigenvalue weighted by molar-refractivity contribution is 0.0651. The predicted octanol–water partition coefficient (Wildman–Crippen LogP) is 2.31. The summed E-state index contributed by atoms with van der Waals surface area (Å²) in [4.78, 5) is 25.6. The molecule has 0 unspecified atom stereocenters. The first-order chi connectivity index (χ1) is 9.61. The zero-order valence-electron chi connectivity index (χ0n) is 12.2. The average molecular weight is 274 g/mol. The van der Waals surface area contributed by atoms with Crippen LogP contribution in [-0.2, 0) is 0 Å². The molecule has 0 bridgehead atoms. The van der Waals surface area contributed by atoms with E-state index in [9.17, 15) is 9.59 Å². The van der Waals surface area contributed by atoms with Crippen LogP contribution in [-0.4, -0.2) is 36.3 Å². The van der Waals surface area contributed by atoms with E-state index >= 15 is 0 Å². The summed E-state index contributed by atoms with van der Waals surface area (Å²) in [6.45, 7) is 6.79. The molecule has 4 nitrogen and oxygen atoms in total. The highest BCUT2D eigenvalue weighted by Gasteiger charge is 2.34. The van der Waals surface area contributed by atoms with Crippen LogP contribution in [0.15, 0.2) is 24.3 Å². The molecule has 108 valence electrons. The molecule has 1 aromatic rings. The van der Waals surface area contributed by atoms with Crippen molar-refractivity contribution in [2.24, 2.45) is 5.92 Å². The van der Waals surface area contributed by atoms with Crippen LogP contribution >= 0.6 is 0 Å². The van der Waals surface area contributed by atoms with Gasteiger partial charge in [-0.05, 0) is 44.0 Å². The standard InChI is InChI=1S/C16H22N2O2/c1-12(2)11-17-9-5-6-10-18-15(19)13-7-3-4-8-14(13)16(18)20/h3-4,7-8,12,17H,5-6,9-11H2,1-2H3. The molecule has 1 heterocycles. The lowest BCUT2D eigenvalue weighted by atomic mass is 10.1. The smallest absolute Gasteiger partial charge is 0.261 e. The molecule has 1 N–H and O–H groups in total. The van der Waals surface area contributed by atoms with E-state index < -0.39 is 0 Å². The van der Waals surface area contributed by atoms with Crippen molar-refractivity contribution in [3.05, 3.63) is 35.4 Å². The quantitative estimate of drug-likeness (QED) is 0.613. The zero-order chi connectivity index (χ0) is 14.5. The van der Waals surface area contributed by atoms with Gasteiger partial charge in [0.1, 0.15) is 0 Å². The molecule has 0 saturated carbocycles. The zero-order valence-corrected chi connectivity index (χ0v) is 12.2. The van der Waals surface area contributed by atoms with Gasteiger partial charge in [-0.2, -0.15) is 0 Å². The fourth-order valence-electron chi connectivity index (χ4n) is 2.35. The van der Waals surface area contributed by atoms with Gasteiger partial charge in [0.05, 0.1) is 11.1 Å². The van der Waals surface area contributed by atoms with Crippen molar-refractivity contribution in [1.82, 2.24) is 10.2 Å². The van der Waals surface area contributed by atoms with E-state index in [0.29, 0.717) is 23.6 Å². The number of nitrogens with one attached hydrogen (secondary N) is 1. The summed E-state index contributed by atoms with van der Waals surface area (Å²) in [6, 6.07) is 7.03. The van der Waals surface area contributed by atoms with Gasteiger partial charge < -0.3 is 5.32 Å². The SMILES string of the molecule is CC(C)CNCCCCN1C(=O)c2ccccc2C1=O. The van der Waals surface area contributed by atoms with Gasteiger partial charge in [0.15, 0.2) is 0 Å². The van der Waals surface area contributed by atoms with Gasteiger partial charge in [-0.3, -0.25) is 14.5 Å². The number of imide groups is 1. The largest absolute Gasteiger partial charge is 0.316 e. The lowest BCUT2D eigenvalue weighted by Crippen LogP contribution is -2.31. The number of unbranched alkanes of at least 4 members (excludes halogenated alkanes) is 1. The number of hydrogen-bond acceptors (Lipinski definition) is 3. The lowest BCUT2D eigenvalue weighted by Gasteiger charge is -2.13. The number of nitrogens with zero attached hydrogens (tertiary/aromatic N) is 1. The van der Waals surface area contributed by atoms with Crippen LogP contribution in [0.25, 0.3) is 0 Å². The Labute approximate surface area is 120 Å². The van der Waals surface area contributed by atoms with Crippen LogP contribution < -0.4 is 5.32 Å². The van der Waals surface area contributed by atoms with Gasteiger partial charge in [0, 0.05) is 6.54 Å². The maximum Gasteiger partial charge on any atom is 0.261 e. The highest BCUT2D eigenvalue weighted by Crippen LogP contribution is 2.22. The Hall–Kier alpha value is -1.68. The van der Waals surface area contributed by atoms with E-state index in [-0.39, 0.29) is 11.8 Å². The molecule has 0 aliphatic carbocycles. The summed E-state index contributed by atoms with van der Waals surface area (Å²) in [5.74, 6) is 0.340. The fraction of sp³-hybridized carbons (Fsp3) is 0.500. The van der Waals surface area contributed by atoms with Gasteiger partial charge in [-0.15, -0.1) is 0 Å². The minimum atomic E-state index is -0.152. The molecule has 20 heavy (non-hydrogen) atoms. The number of fused-ring (bicyclic) bond motifs is 1. The van der Waals surface area contributed by atoms with Crippen LogP contribution in [0.5, 0.6) is 0 Å². The summed E-state index contributed by atoms with van der Waals surface area (Å²) in [6.07, 6.45) is 1.82. The Morgan fingerprint density at radius 3 is 2.20 bits per heavy atom. The molecule has 2 rings (SSSR count). The minimum Gasteiger partial charge on any atom is -0.316 e. The van der Waals surface area contributed by atoms with Crippen LogP contribution in [0.1, 0.15) is 47.4 Å². The van der Waals surface area contributed by atoms with Gasteiger partial charge in [0.25, 0.3) is 11.8 Å². The van der Waals surface area contributed by atoms with Crippen molar-refractivity contribution >= 4 is 11.8 Å². The van der Waals surface area contributed by atoms with Crippen molar-refractivity contribution in [3.63, 3.8) is 0 Å². The number of carbonyl (C=O) groups excluding carboxylic acids is 2. The topological polar surface area (TPSA) is 49.4 Å². The number of benzene rings is 1. The van der Waals surface area contributed by atoms with Gasteiger partial charge >= 0.3 is 0 Å². The molecule has 1 aliphatic rings. The second-order valence-corrected chi connectivity index (χ2v) is 5.61. The average Bonchev–Trinajstić information content (AvgIpc) is 2.67. The van der Waals surface area contributed by atoms with E-state index in [0.717, 1.165) is 25.9 Å². The van der Waals surface area contributed by atoms with Gasteiger partial charge in [-0.25, -0.2) is 0 Å². The number of carbonyl (C=O) groups is 2. The second-order valence-electron chi connectivity index (χ2n) is 5.61. The molecule has 4 heteroatoms. The highest BCUT2D eigenvalue weighted by atomic mass is 16.2. The third-order valence-electron chi connectivity index (χ3n) is 3.42. The van der Waals surface area contributed by atoms with Gasteiger partial charge in [0.2, 0.25) is 0 Å². The van der Waals surface area contributed by atoms with E-state index in [2.05, 4.69) is 19.2 Å². The van der Waals surface area contributed by atoms with E-state index in [1.165, 1.54) is 4.90 Å². The van der Waals surface area contributed by atoms with Crippen LogP contribution in [0, 0.1) is 5.92 Å². The maximum atomic E-state index is 12.1. The number of amides is 2. The molecular weight excluding hydrogens is 252 g/mol. The third kappa shape index (κ3) is 3.25. The Bertz CT molecular complexity index is 462. The van der Waals surface area contributed by atoms with E-state index in [4.69, 9.17) is 0 Å². The molecular formula is C16H22N2O2. The number of rotatable bonds is 7. The second kappa shape index (κ2) is 6.66. The summed E-state index contributed by atoms with van der Waals surface area (Å²) in [5, 5.41) is 3.36. The Kier molecular flexibility index (Phi) is 4.90. The molecule has 0 saturated heterocycles. The van der Waals surface area contributed by atoms with Crippen LogP contribution in [0.2, 0.25) is 0 Å². The molecule has 2 amide bonds. The minimum absolute atomic E-state index is 0.152. The van der Waals surface area contributed by atoms with E-state index in [1.54, 1.807) is 24.3 Å². The first-order valence-electron chi connectivity index (χ1n) is 7.27. The normalized spacial score (nSPS) is 14.2. The molecule has 0 radical (unpaired) electrons. The van der Waals surface area contributed by atoms with Gasteiger partial charge in [-0.1, -0.05) is 26.0 Å². The Morgan fingerprint density at radius 1 is 1.05 bits per heavy atom. The summed E-state index contributed by atoms with van der Waals surface area (Å²) in [5.41, 5.74) is 1.07. The summed E-state index contributed by atoms with van der Waals surface area (Å²) in [7, 11) is 0. The highest BCUT2D eigenvalue weighted by molar-refractivity contribution is 6.21. The molecule has 0 spiro atoms. The first-order valence-corrected chi connectivity index (χ1v) is 7.27.